The van der Waals surface area contributed by atoms with E-state index in [1.54, 1.807) is 12.4 Å². The van der Waals surface area contributed by atoms with E-state index >= 15 is 0 Å². The fraction of sp³-hybridized carbons (Fsp3) is 0.267. The van der Waals surface area contributed by atoms with Gasteiger partial charge in [-0.3, -0.25) is 4.98 Å². The minimum absolute atomic E-state index is 0.569. The summed E-state index contributed by atoms with van der Waals surface area (Å²) in [6.07, 6.45) is 5.91. The first kappa shape index (κ1) is 12.3. The maximum Gasteiger partial charge on any atom is 0.0822 e. The molecule has 1 aliphatic carbocycles. The zero-order chi connectivity index (χ0) is 13.2. The van der Waals surface area contributed by atoms with Crippen LogP contribution in [0.1, 0.15) is 18.4 Å². The van der Waals surface area contributed by atoms with E-state index in [1.165, 1.54) is 12.8 Å². The van der Waals surface area contributed by atoms with Gasteiger partial charge in [-0.05, 0) is 30.5 Å². The molecule has 1 aromatic carbocycles. The molecule has 0 bridgehead atoms. The number of nitrogens with two attached hydrogens (primary N) is 1. The topological polar surface area (TPSA) is 42.1 Å². The van der Waals surface area contributed by atoms with Gasteiger partial charge < -0.3 is 10.6 Å². The molecule has 0 aliphatic heterocycles. The van der Waals surface area contributed by atoms with Gasteiger partial charge in [0.15, 0.2) is 0 Å². The molecule has 1 heterocycles. The molecule has 2 aromatic rings. The van der Waals surface area contributed by atoms with E-state index in [-0.39, 0.29) is 0 Å². The van der Waals surface area contributed by atoms with Crippen LogP contribution in [-0.2, 0) is 6.54 Å². The van der Waals surface area contributed by atoms with Gasteiger partial charge in [0, 0.05) is 30.7 Å². The highest BCUT2D eigenvalue weighted by molar-refractivity contribution is 6.33. The number of nitrogens with zero attached hydrogens (tertiary/aromatic N) is 2. The highest BCUT2D eigenvalue weighted by Gasteiger charge is 2.30. The Morgan fingerprint density at radius 3 is 2.74 bits per heavy atom. The Hall–Kier alpha value is -1.74. The summed E-state index contributed by atoms with van der Waals surface area (Å²) < 4.78 is 0. The highest BCUT2D eigenvalue weighted by atomic mass is 35.5. The summed E-state index contributed by atoms with van der Waals surface area (Å²) in [7, 11) is 0. The quantitative estimate of drug-likeness (QED) is 0.867. The Morgan fingerprint density at radius 2 is 2.05 bits per heavy atom. The standard InChI is InChI=1S/C15H16ClN3/c16-13-9-18-8-7-15(13)19(12-5-6-12)10-11-3-1-2-4-14(11)17/h1-4,7-9,12H,5-6,10,17H2. The molecule has 3 rings (SSSR count). The fourth-order valence-electron chi connectivity index (χ4n) is 2.26. The minimum atomic E-state index is 0.569. The molecule has 0 unspecified atom stereocenters. The van der Waals surface area contributed by atoms with E-state index in [0.717, 1.165) is 23.5 Å². The number of hydrogen-bond donors (Lipinski definition) is 1. The number of halogens is 1. The number of benzene rings is 1. The van der Waals surface area contributed by atoms with E-state index in [0.29, 0.717) is 11.1 Å². The van der Waals surface area contributed by atoms with Crippen molar-refractivity contribution in [2.24, 2.45) is 0 Å². The first-order chi connectivity index (χ1) is 9.25. The molecular formula is C15H16ClN3. The zero-order valence-corrected chi connectivity index (χ0v) is 11.3. The van der Waals surface area contributed by atoms with Crippen molar-refractivity contribution in [1.82, 2.24) is 4.98 Å². The van der Waals surface area contributed by atoms with Gasteiger partial charge in [-0.2, -0.15) is 0 Å². The summed E-state index contributed by atoms with van der Waals surface area (Å²) in [6.45, 7) is 0.793. The lowest BCUT2D eigenvalue weighted by molar-refractivity contribution is 0.795. The second-order valence-electron chi connectivity index (χ2n) is 4.88. The lowest BCUT2D eigenvalue weighted by atomic mass is 10.1. The van der Waals surface area contributed by atoms with Crippen LogP contribution in [0, 0.1) is 0 Å². The van der Waals surface area contributed by atoms with Crippen LogP contribution in [0.25, 0.3) is 0 Å². The maximum atomic E-state index is 6.26. The SMILES string of the molecule is Nc1ccccc1CN(c1ccncc1Cl)C1CC1. The lowest BCUT2D eigenvalue weighted by Gasteiger charge is -2.26. The summed E-state index contributed by atoms with van der Waals surface area (Å²) in [5.74, 6) is 0. The van der Waals surface area contributed by atoms with Crippen molar-refractivity contribution >= 4 is 23.0 Å². The second-order valence-corrected chi connectivity index (χ2v) is 5.29. The van der Waals surface area contributed by atoms with Gasteiger partial charge in [-0.1, -0.05) is 29.8 Å². The van der Waals surface area contributed by atoms with Crippen molar-refractivity contribution in [2.75, 3.05) is 10.6 Å². The molecule has 1 fully saturated rings. The third-order valence-electron chi connectivity index (χ3n) is 3.44. The summed E-state index contributed by atoms with van der Waals surface area (Å²) in [5, 5.41) is 0.698. The van der Waals surface area contributed by atoms with E-state index in [4.69, 9.17) is 17.3 Å². The molecule has 0 amide bonds. The normalized spacial score (nSPS) is 14.4. The van der Waals surface area contributed by atoms with E-state index in [1.807, 2.05) is 24.3 Å². The summed E-state index contributed by atoms with van der Waals surface area (Å²) in [6, 6.07) is 10.5. The molecule has 98 valence electrons. The number of anilines is 2. The van der Waals surface area contributed by atoms with Gasteiger partial charge in [-0.25, -0.2) is 0 Å². The Kier molecular flexibility index (Phi) is 3.30. The lowest BCUT2D eigenvalue weighted by Crippen LogP contribution is -2.25. The summed E-state index contributed by atoms with van der Waals surface area (Å²) >= 11 is 6.26. The average Bonchev–Trinajstić information content (AvgIpc) is 3.23. The molecule has 0 radical (unpaired) electrons. The monoisotopic (exact) mass is 273 g/mol. The molecule has 0 atom stereocenters. The third-order valence-corrected chi connectivity index (χ3v) is 3.74. The van der Waals surface area contributed by atoms with E-state index in [9.17, 15) is 0 Å². The average molecular weight is 274 g/mol. The number of pyridine rings is 1. The van der Waals surface area contributed by atoms with Crippen molar-refractivity contribution in [3.63, 3.8) is 0 Å². The van der Waals surface area contributed by atoms with Crippen LogP contribution in [0.4, 0.5) is 11.4 Å². The molecule has 1 saturated carbocycles. The van der Waals surface area contributed by atoms with Crippen LogP contribution < -0.4 is 10.6 Å². The Labute approximate surface area is 118 Å². The van der Waals surface area contributed by atoms with Gasteiger partial charge in [-0.15, -0.1) is 0 Å². The number of para-hydroxylation sites is 1. The van der Waals surface area contributed by atoms with Crippen LogP contribution in [-0.4, -0.2) is 11.0 Å². The van der Waals surface area contributed by atoms with Crippen molar-refractivity contribution in [3.8, 4) is 0 Å². The number of nitrogen functional groups attached to an aromatic ring is 1. The van der Waals surface area contributed by atoms with E-state index < -0.39 is 0 Å². The maximum absolute atomic E-state index is 6.26. The Balaban J connectivity index is 1.91. The zero-order valence-electron chi connectivity index (χ0n) is 10.6. The molecule has 0 saturated heterocycles. The van der Waals surface area contributed by atoms with Crippen molar-refractivity contribution in [3.05, 3.63) is 53.3 Å². The number of aromatic nitrogens is 1. The smallest absolute Gasteiger partial charge is 0.0822 e. The van der Waals surface area contributed by atoms with Crippen molar-refractivity contribution < 1.29 is 0 Å². The van der Waals surface area contributed by atoms with Crippen LogP contribution in [0.2, 0.25) is 5.02 Å². The van der Waals surface area contributed by atoms with Gasteiger partial charge in [0.2, 0.25) is 0 Å². The predicted octanol–water partition coefficient (Wildman–Crippen LogP) is 3.49. The molecule has 4 heteroatoms. The highest BCUT2D eigenvalue weighted by Crippen LogP contribution is 2.36. The second kappa shape index (κ2) is 5.10. The molecule has 3 nitrogen and oxygen atoms in total. The van der Waals surface area contributed by atoms with Gasteiger partial charge >= 0.3 is 0 Å². The van der Waals surface area contributed by atoms with Gasteiger partial charge in [0.1, 0.15) is 0 Å². The van der Waals surface area contributed by atoms with Crippen molar-refractivity contribution in [2.45, 2.75) is 25.4 Å². The minimum Gasteiger partial charge on any atom is -0.398 e. The Bertz CT molecular complexity index is 581. The number of rotatable bonds is 4. The number of hydrogen-bond acceptors (Lipinski definition) is 3. The largest absolute Gasteiger partial charge is 0.398 e. The molecule has 0 spiro atoms. The molecular weight excluding hydrogens is 258 g/mol. The van der Waals surface area contributed by atoms with E-state index in [2.05, 4.69) is 16.0 Å². The van der Waals surface area contributed by atoms with Gasteiger partial charge in [0.25, 0.3) is 0 Å². The summed E-state index contributed by atoms with van der Waals surface area (Å²) in [5.41, 5.74) is 9.05. The van der Waals surface area contributed by atoms with Crippen LogP contribution in [0.5, 0.6) is 0 Å². The molecule has 1 aliphatic rings. The molecule has 1 aromatic heterocycles. The van der Waals surface area contributed by atoms with Crippen LogP contribution in [0.3, 0.4) is 0 Å². The van der Waals surface area contributed by atoms with Crippen LogP contribution in [0.15, 0.2) is 42.7 Å². The third kappa shape index (κ3) is 2.66. The molecule has 2 N–H and O–H groups in total. The first-order valence-corrected chi connectivity index (χ1v) is 6.83. The summed E-state index contributed by atoms with van der Waals surface area (Å²) in [4.78, 5) is 6.38. The first-order valence-electron chi connectivity index (χ1n) is 6.45. The van der Waals surface area contributed by atoms with Gasteiger partial charge in [0.05, 0.1) is 10.7 Å². The Morgan fingerprint density at radius 1 is 1.26 bits per heavy atom. The fourth-order valence-corrected chi connectivity index (χ4v) is 2.49. The predicted molar refractivity (Wildman–Crippen MR) is 79.3 cm³/mol. The van der Waals surface area contributed by atoms with Crippen molar-refractivity contribution in [1.29, 1.82) is 0 Å². The van der Waals surface area contributed by atoms with Crippen LogP contribution >= 0.6 is 11.6 Å². The molecule has 19 heavy (non-hydrogen) atoms.